The highest BCUT2D eigenvalue weighted by Gasteiger charge is 2.19. The van der Waals surface area contributed by atoms with Crippen molar-refractivity contribution < 1.29 is 4.55 Å². The first kappa shape index (κ1) is 27.5. The minimum absolute atomic E-state index is 0.191. The van der Waals surface area contributed by atoms with Crippen LogP contribution in [-0.2, 0) is 17.7 Å². The highest BCUT2D eigenvalue weighted by atomic mass is 35.5. The van der Waals surface area contributed by atoms with Crippen LogP contribution < -0.4 is 15.8 Å². The number of hydrogen-bond donors (Lipinski definition) is 1. The van der Waals surface area contributed by atoms with Gasteiger partial charge in [0, 0.05) is 78.9 Å². The Bertz CT molecular complexity index is 1530. The summed E-state index contributed by atoms with van der Waals surface area (Å²) < 4.78 is 13.5. The molecule has 8 nitrogen and oxygen atoms in total. The van der Waals surface area contributed by atoms with E-state index in [0.717, 1.165) is 37.3 Å². The van der Waals surface area contributed by atoms with E-state index in [1.165, 1.54) is 5.69 Å². The fourth-order valence-electron chi connectivity index (χ4n) is 4.98. The molecule has 0 amide bonds. The molecule has 39 heavy (non-hydrogen) atoms. The second kappa shape index (κ2) is 11.6. The zero-order chi connectivity index (χ0) is 27.7. The van der Waals surface area contributed by atoms with E-state index in [1.807, 2.05) is 19.1 Å². The third kappa shape index (κ3) is 5.77. The zero-order valence-electron chi connectivity index (χ0n) is 22.6. The van der Waals surface area contributed by atoms with Crippen LogP contribution in [0, 0.1) is 0 Å². The number of aryl methyl sites for hydroxylation is 1. The number of nitrogens with zero attached hydrogens (tertiary/aromatic N) is 5. The normalized spacial score (nSPS) is 15.2. The molecule has 10 heteroatoms. The molecule has 4 aromatic rings. The van der Waals surface area contributed by atoms with E-state index < -0.39 is 11.2 Å². The van der Waals surface area contributed by atoms with Crippen molar-refractivity contribution in [2.24, 2.45) is 0 Å². The number of pyridine rings is 1. The molecule has 3 heterocycles. The van der Waals surface area contributed by atoms with Crippen molar-refractivity contribution in [3.05, 3.63) is 70.1 Å². The molecule has 2 aromatic carbocycles. The molecule has 1 saturated heterocycles. The van der Waals surface area contributed by atoms with E-state index in [4.69, 9.17) is 11.6 Å². The number of piperazine rings is 1. The third-order valence-electron chi connectivity index (χ3n) is 7.24. The standard InChI is InChI=1S/C29H33ClN6O2S/c1-5-36-27-20(16-25(28(36)37)24-11-10-23(39(4)38)17-26(24)30)18-31-29(33-27)32-21-6-8-22(9-7-21)35-14-12-34(13-15-35)19(2)3/h6-11,16-19H,5,12-15H2,1-4H3,(H,31,32,33)/t39-/m0/s1. The monoisotopic (exact) mass is 564 g/mol. The van der Waals surface area contributed by atoms with E-state index in [9.17, 15) is 9.35 Å². The topological polar surface area (TPSA) is 89.3 Å². The van der Waals surface area contributed by atoms with Gasteiger partial charge in [0.1, 0.15) is 11.9 Å². The molecule has 0 bridgehead atoms. The summed E-state index contributed by atoms with van der Waals surface area (Å²) in [6.07, 6.45) is 3.31. The van der Waals surface area contributed by atoms with E-state index in [-0.39, 0.29) is 5.56 Å². The van der Waals surface area contributed by atoms with Gasteiger partial charge in [-0.2, -0.15) is 4.98 Å². The SMILES string of the molecule is CCn1c(=O)c(-c2ccc([S@+](C)[O-])cc2Cl)cc2cnc(Nc3ccc(N4CCN(C(C)C)CC4)cc3)nc21. The summed E-state index contributed by atoms with van der Waals surface area (Å²) in [5.74, 6) is 0.419. The number of halogens is 1. The van der Waals surface area contributed by atoms with Crippen LogP contribution in [0.3, 0.4) is 0 Å². The van der Waals surface area contributed by atoms with Crippen molar-refractivity contribution in [1.29, 1.82) is 0 Å². The van der Waals surface area contributed by atoms with Crippen LogP contribution in [0.5, 0.6) is 0 Å². The molecule has 2 aromatic heterocycles. The maximum absolute atomic E-state index is 13.5. The third-order valence-corrected chi connectivity index (χ3v) is 8.47. The Morgan fingerprint density at radius 1 is 1.05 bits per heavy atom. The molecule has 1 fully saturated rings. The molecule has 1 N–H and O–H groups in total. The molecule has 0 spiro atoms. The first-order valence-electron chi connectivity index (χ1n) is 13.1. The van der Waals surface area contributed by atoms with Gasteiger partial charge in [0.25, 0.3) is 5.56 Å². The van der Waals surface area contributed by atoms with Gasteiger partial charge < -0.3 is 14.8 Å². The number of anilines is 3. The van der Waals surface area contributed by atoms with Crippen LogP contribution in [-0.4, -0.2) is 62.5 Å². The van der Waals surface area contributed by atoms with Gasteiger partial charge in [0.05, 0.1) is 5.02 Å². The predicted octanol–water partition coefficient (Wildman–Crippen LogP) is 5.14. The summed E-state index contributed by atoms with van der Waals surface area (Å²) in [5.41, 5.74) is 3.48. The highest BCUT2D eigenvalue weighted by molar-refractivity contribution is 7.90. The maximum atomic E-state index is 13.5. The predicted molar refractivity (Wildman–Crippen MR) is 161 cm³/mol. The Labute approximate surface area is 236 Å². The molecule has 0 radical (unpaired) electrons. The Kier molecular flexibility index (Phi) is 8.13. The minimum atomic E-state index is -1.16. The van der Waals surface area contributed by atoms with Crippen LogP contribution in [0.1, 0.15) is 20.8 Å². The average Bonchev–Trinajstić information content (AvgIpc) is 2.93. The molecule has 1 aliphatic rings. The highest BCUT2D eigenvalue weighted by Crippen LogP contribution is 2.30. The van der Waals surface area contributed by atoms with E-state index in [1.54, 1.807) is 41.3 Å². The molecule has 204 valence electrons. The minimum Gasteiger partial charge on any atom is -0.612 e. The van der Waals surface area contributed by atoms with Crippen LogP contribution >= 0.6 is 11.6 Å². The van der Waals surface area contributed by atoms with Crippen molar-refractivity contribution >= 4 is 51.1 Å². The van der Waals surface area contributed by atoms with Gasteiger partial charge in [-0.3, -0.25) is 14.3 Å². The van der Waals surface area contributed by atoms with Gasteiger partial charge in [-0.25, -0.2) is 4.98 Å². The first-order chi connectivity index (χ1) is 18.7. The number of aromatic nitrogens is 3. The Morgan fingerprint density at radius 2 is 1.77 bits per heavy atom. The first-order valence-corrected chi connectivity index (χ1v) is 15.1. The lowest BCUT2D eigenvalue weighted by atomic mass is 10.1. The summed E-state index contributed by atoms with van der Waals surface area (Å²) >= 11 is 5.33. The molecule has 0 saturated carbocycles. The molecular formula is C29H33ClN6O2S. The van der Waals surface area contributed by atoms with E-state index >= 15 is 0 Å². The van der Waals surface area contributed by atoms with Gasteiger partial charge in [-0.1, -0.05) is 11.6 Å². The largest absolute Gasteiger partial charge is 0.612 e. The van der Waals surface area contributed by atoms with Crippen LogP contribution in [0.4, 0.5) is 17.3 Å². The lowest BCUT2D eigenvalue weighted by Gasteiger charge is -2.38. The van der Waals surface area contributed by atoms with Gasteiger partial charge in [0.2, 0.25) is 5.95 Å². The van der Waals surface area contributed by atoms with Gasteiger partial charge in [0.15, 0.2) is 4.90 Å². The van der Waals surface area contributed by atoms with Crippen LogP contribution in [0.25, 0.3) is 22.2 Å². The molecule has 0 aliphatic carbocycles. The number of nitrogens with one attached hydrogen (secondary N) is 1. The number of hydrogen-bond acceptors (Lipinski definition) is 7. The van der Waals surface area contributed by atoms with Gasteiger partial charge >= 0.3 is 0 Å². The van der Waals surface area contributed by atoms with Crippen LogP contribution in [0.15, 0.2) is 64.4 Å². The van der Waals surface area contributed by atoms with E-state index in [0.29, 0.717) is 45.2 Å². The average molecular weight is 565 g/mol. The molecule has 1 atom stereocenters. The summed E-state index contributed by atoms with van der Waals surface area (Å²) in [4.78, 5) is 28.2. The lowest BCUT2D eigenvalue weighted by Crippen LogP contribution is -2.48. The zero-order valence-corrected chi connectivity index (χ0v) is 24.2. The second-order valence-corrected chi connectivity index (χ2v) is 11.8. The van der Waals surface area contributed by atoms with Crippen molar-refractivity contribution in [2.45, 2.75) is 38.3 Å². The maximum Gasteiger partial charge on any atom is 0.260 e. The summed E-state index contributed by atoms with van der Waals surface area (Å²) in [7, 11) is 0. The smallest absolute Gasteiger partial charge is 0.260 e. The van der Waals surface area contributed by atoms with Crippen molar-refractivity contribution in [3.63, 3.8) is 0 Å². The Hall–Kier alpha value is -3.11. The van der Waals surface area contributed by atoms with Gasteiger partial charge in [-0.15, -0.1) is 0 Å². The molecule has 0 unspecified atom stereocenters. The van der Waals surface area contributed by atoms with Crippen molar-refractivity contribution in [2.75, 3.05) is 42.7 Å². The van der Waals surface area contributed by atoms with Gasteiger partial charge in [-0.05, 0) is 74.4 Å². The number of fused-ring (bicyclic) bond motifs is 1. The molecule has 1 aliphatic heterocycles. The fraction of sp³-hybridized carbons (Fsp3) is 0.345. The molecule has 5 rings (SSSR count). The summed E-state index contributed by atoms with van der Waals surface area (Å²) in [5, 5.41) is 4.39. The number of benzene rings is 2. The quantitative estimate of drug-likeness (QED) is 0.311. The number of rotatable bonds is 7. The van der Waals surface area contributed by atoms with Crippen molar-refractivity contribution in [1.82, 2.24) is 19.4 Å². The second-order valence-electron chi connectivity index (χ2n) is 9.96. The fourth-order valence-corrected chi connectivity index (χ4v) is 5.87. The summed E-state index contributed by atoms with van der Waals surface area (Å²) in [6.45, 7) is 11.0. The summed E-state index contributed by atoms with van der Waals surface area (Å²) in [6, 6.07) is 15.8. The Balaban J connectivity index is 1.39. The Morgan fingerprint density at radius 3 is 2.38 bits per heavy atom. The molecular weight excluding hydrogens is 532 g/mol. The van der Waals surface area contributed by atoms with Crippen molar-refractivity contribution in [3.8, 4) is 11.1 Å². The van der Waals surface area contributed by atoms with E-state index in [2.05, 4.69) is 51.1 Å². The van der Waals surface area contributed by atoms with Crippen LogP contribution in [0.2, 0.25) is 5.02 Å². The lowest BCUT2D eigenvalue weighted by molar-refractivity contribution is 0.209.